The van der Waals surface area contributed by atoms with Crippen molar-refractivity contribution >= 4 is 28.6 Å². The first-order valence-corrected chi connectivity index (χ1v) is 12.3. The van der Waals surface area contributed by atoms with Crippen molar-refractivity contribution in [2.24, 2.45) is 0 Å². The maximum absolute atomic E-state index is 12.9. The van der Waals surface area contributed by atoms with E-state index < -0.39 is 0 Å². The SMILES string of the molecule is CCc1cc(-c2nc(-c3cc(C(=O)NCCCOC)c(C)n3-c3cccs3)cs2)ccn1. The van der Waals surface area contributed by atoms with Gasteiger partial charge in [-0.15, -0.1) is 22.7 Å². The highest BCUT2D eigenvalue weighted by Gasteiger charge is 2.21. The number of hydrogen-bond acceptors (Lipinski definition) is 6. The minimum atomic E-state index is -0.0765. The Bertz CT molecular complexity index is 1190. The molecule has 166 valence electrons. The molecule has 0 spiro atoms. The van der Waals surface area contributed by atoms with E-state index in [1.54, 1.807) is 29.8 Å². The first-order chi connectivity index (χ1) is 15.6. The van der Waals surface area contributed by atoms with Crippen LogP contribution in [0.3, 0.4) is 0 Å². The van der Waals surface area contributed by atoms with E-state index in [1.807, 2.05) is 36.7 Å². The summed E-state index contributed by atoms with van der Waals surface area (Å²) in [5.74, 6) is -0.0765. The van der Waals surface area contributed by atoms with Gasteiger partial charge in [-0.2, -0.15) is 0 Å². The van der Waals surface area contributed by atoms with Gasteiger partial charge < -0.3 is 14.6 Å². The molecule has 0 bridgehead atoms. The number of pyridine rings is 1. The predicted octanol–water partition coefficient (Wildman–Crippen LogP) is 5.36. The van der Waals surface area contributed by atoms with Crippen LogP contribution < -0.4 is 5.32 Å². The summed E-state index contributed by atoms with van der Waals surface area (Å²) >= 11 is 3.24. The highest BCUT2D eigenvalue weighted by molar-refractivity contribution is 7.13. The number of aryl methyl sites for hydroxylation is 1. The van der Waals surface area contributed by atoms with Crippen molar-refractivity contribution in [3.05, 3.63) is 64.2 Å². The van der Waals surface area contributed by atoms with Crippen molar-refractivity contribution in [3.63, 3.8) is 0 Å². The number of carbonyl (C=O) groups is 1. The lowest BCUT2D eigenvalue weighted by Gasteiger charge is -2.08. The molecule has 0 saturated carbocycles. The fourth-order valence-electron chi connectivity index (χ4n) is 3.55. The van der Waals surface area contributed by atoms with Crippen molar-refractivity contribution in [1.29, 1.82) is 0 Å². The third kappa shape index (κ3) is 4.67. The van der Waals surface area contributed by atoms with Gasteiger partial charge in [0.05, 0.1) is 22.0 Å². The Morgan fingerprint density at radius 1 is 1.25 bits per heavy atom. The molecular formula is C24H26N4O2S2. The molecule has 0 aromatic carbocycles. The van der Waals surface area contributed by atoms with Gasteiger partial charge in [-0.3, -0.25) is 9.78 Å². The maximum atomic E-state index is 12.9. The lowest BCUT2D eigenvalue weighted by Crippen LogP contribution is -2.25. The standard InChI is InChI=1S/C24H26N4O2S2/c1-4-18-13-17(8-10-25-18)24-27-20(15-32-24)21-14-19(23(29)26-9-6-11-30-3)16(2)28(21)22-7-5-12-31-22/h5,7-8,10,12-15H,4,6,9,11H2,1-3H3,(H,26,29). The molecule has 0 fully saturated rings. The quantitative estimate of drug-likeness (QED) is 0.337. The second kappa shape index (κ2) is 10.2. The summed E-state index contributed by atoms with van der Waals surface area (Å²) in [6.45, 7) is 5.28. The molecule has 0 saturated heterocycles. The van der Waals surface area contributed by atoms with E-state index in [1.165, 1.54) is 0 Å². The largest absolute Gasteiger partial charge is 0.385 e. The smallest absolute Gasteiger partial charge is 0.253 e. The number of carbonyl (C=O) groups excluding carboxylic acids is 1. The third-order valence-corrected chi connectivity index (χ3v) is 6.97. The van der Waals surface area contributed by atoms with Gasteiger partial charge in [-0.05, 0) is 55.5 Å². The molecule has 0 unspecified atom stereocenters. The van der Waals surface area contributed by atoms with Crippen LogP contribution in [0.25, 0.3) is 27.0 Å². The Morgan fingerprint density at radius 3 is 2.88 bits per heavy atom. The summed E-state index contributed by atoms with van der Waals surface area (Å²) in [5.41, 5.74) is 5.45. The molecule has 4 rings (SSSR count). The first kappa shape index (κ1) is 22.4. The number of aromatic nitrogens is 3. The molecule has 32 heavy (non-hydrogen) atoms. The Kier molecular flexibility index (Phi) is 7.14. The molecule has 0 atom stereocenters. The fraction of sp³-hybridized carbons (Fsp3) is 0.292. The van der Waals surface area contributed by atoms with Crippen LogP contribution >= 0.6 is 22.7 Å². The number of hydrogen-bond donors (Lipinski definition) is 1. The van der Waals surface area contributed by atoms with E-state index in [4.69, 9.17) is 9.72 Å². The van der Waals surface area contributed by atoms with Gasteiger partial charge >= 0.3 is 0 Å². The van der Waals surface area contributed by atoms with Crippen molar-refractivity contribution in [3.8, 4) is 27.0 Å². The second-order valence-corrected chi connectivity index (χ2v) is 9.13. The Hall–Kier alpha value is -2.81. The lowest BCUT2D eigenvalue weighted by molar-refractivity contribution is 0.0948. The topological polar surface area (TPSA) is 69.0 Å². The van der Waals surface area contributed by atoms with Gasteiger partial charge in [0.25, 0.3) is 5.91 Å². The van der Waals surface area contributed by atoms with Crippen LogP contribution in [0.15, 0.2) is 47.3 Å². The average Bonchev–Trinajstić information content (AvgIpc) is 3.56. The van der Waals surface area contributed by atoms with Gasteiger partial charge in [0.1, 0.15) is 5.01 Å². The summed E-state index contributed by atoms with van der Waals surface area (Å²) in [5, 5.41) is 9.10. The van der Waals surface area contributed by atoms with E-state index in [0.29, 0.717) is 18.7 Å². The number of nitrogens with zero attached hydrogens (tertiary/aromatic N) is 3. The van der Waals surface area contributed by atoms with Gasteiger partial charge in [0, 0.05) is 48.8 Å². The van der Waals surface area contributed by atoms with Gasteiger partial charge in [0.15, 0.2) is 0 Å². The van der Waals surface area contributed by atoms with Crippen LogP contribution in [-0.4, -0.2) is 40.7 Å². The number of rotatable bonds is 9. The van der Waals surface area contributed by atoms with Crippen molar-refractivity contribution in [2.75, 3.05) is 20.3 Å². The molecule has 1 N–H and O–H groups in total. The monoisotopic (exact) mass is 466 g/mol. The molecule has 4 aromatic heterocycles. The second-order valence-electron chi connectivity index (χ2n) is 7.34. The Labute approximate surface area is 195 Å². The third-order valence-electron chi connectivity index (χ3n) is 5.22. The van der Waals surface area contributed by atoms with Gasteiger partial charge in [-0.1, -0.05) is 6.92 Å². The molecule has 0 radical (unpaired) electrons. The van der Waals surface area contributed by atoms with Crippen LogP contribution in [0, 0.1) is 6.92 Å². The van der Waals surface area contributed by atoms with E-state index in [9.17, 15) is 4.79 Å². The molecule has 4 heterocycles. The van der Waals surface area contributed by atoms with Crippen LogP contribution in [0.2, 0.25) is 0 Å². The number of thiazole rings is 1. The molecule has 0 aliphatic carbocycles. The molecule has 8 heteroatoms. The number of ether oxygens (including phenoxy) is 1. The van der Waals surface area contributed by atoms with Crippen LogP contribution in [0.4, 0.5) is 0 Å². The van der Waals surface area contributed by atoms with Crippen LogP contribution in [-0.2, 0) is 11.2 Å². The van der Waals surface area contributed by atoms with Crippen molar-refractivity contribution < 1.29 is 9.53 Å². The Morgan fingerprint density at radius 2 is 2.12 bits per heavy atom. The van der Waals surface area contributed by atoms with Gasteiger partial charge in [-0.25, -0.2) is 4.98 Å². The zero-order chi connectivity index (χ0) is 22.5. The highest BCUT2D eigenvalue weighted by atomic mass is 32.1. The number of thiophene rings is 1. The zero-order valence-electron chi connectivity index (χ0n) is 18.4. The summed E-state index contributed by atoms with van der Waals surface area (Å²) < 4.78 is 7.19. The van der Waals surface area contributed by atoms with E-state index in [2.05, 4.69) is 39.3 Å². The summed E-state index contributed by atoms with van der Waals surface area (Å²) in [6.07, 6.45) is 3.50. The maximum Gasteiger partial charge on any atom is 0.253 e. The van der Waals surface area contributed by atoms with Crippen molar-refractivity contribution in [1.82, 2.24) is 19.9 Å². The zero-order valence-corrected chi connectivity index (χ0v) is 20.1. The highest BCUT2D eigenvalue weighted by Crippen LogP contribution is 2.34. The van der Waals surface area contributed by atoms with E-state index in [0.717, 1.165) is 51.2 Å². The molecule has 4 aromatic rings. The van der Waals surface area contributed by atoms with Crippen molar-refractivity contribution in [2.45, 2.75) is 26.7 Å². The molecule has 0 aliphatic rings. The van der Waals surface area contributed by atoms with Crippen LogP contribution in [0.1, 0.15) is 35.1 Å². The van der Waals surface area contributed by atoms with E-state index >= 15 is 0 Å². The minimum absolute atomic E-state index is 0.0765. The first-order valence-electron chi connectivity index (χ1n) is 10.6. The average molecular weight is 467 g/mol. The fourth-order valence-corrected chi connectivity index (χ4v) is 5.15. The lowest BCUT2D eigenvalue weighted by atomic mass is 10.2. The molecular weight excluding hydrogens is 440 g/mol. The normalized spacial score (nSPS) is 11.1. The van der Waals surface area contributed by atoms with Crippen LogP contribution in [0.5, 0.6) is 0 Å². The Balaban J connectivity index is 1.70. The number of nitrogens with one attached hydrogen (secondary N) is 1. The summed E-state index contributed by atoms with van der Waals surface area (Å²) in [6, 6.07) is 10.1. The number of amides is 1. The molecule has 0 aliphatic heterocycles. The van der Waals surface area contributed by atoms with Gasteiger partial charge in [0.2, 0.25) is 0 Å². The molecule has 1 amide bonds. The summed E-state index contributed by atoms with van der Waals surface area (Å²) in [4.78, 5) is 22.2. The number of methoxy groups -OCH3 is 1. The molecule has 6 nitrogen and oxygen atoms in total. The van der Waals surface area contributed by atoms with E-state index in [-0.39, 0.29) is 5.91 Å². The summed E-state index contributed by atoms with van der Waals surface area (Å²) in [7, 11) is 1.66. The predicted molar refractivity (Wildman–Crippen MR) is 131 cm³/mol. The minimum Gasteiger partial charge on any atom is -0.385 e.